The number of aromatic amines is 1. The Morgan fingerprint density at radius 3 is 2.77 bits per heavy atom. The van der Waals surface area contributed by atoms with Gasteiger partial charge in [-0.25, -0.2) is 4.98 Å². The first-order chi connectivity index (χ1) is 15.1. The largest absolute Gasteiger partial charge is 0.493 e. The number of thioether (sulfide) groups is 1. The number of para-hydroxylation sites is 1. The van der Waals surface area contributed by atoms with Gasteiger partial charge in [-0.15, -0.1) is 0 Å². The van der Waals surface area contributed by atoms with E-state index in [9.17, 15) is 9.59 Å². The monoisotopic (exact) mass is 435 g/mol. The zero-order valence-electron chi connectivity index (χ0n) is 17.4. The number of hydrogen-bond donors (Lipinski definition) is 2. The van der Waals surface area contributed by atoms with Crippen LogP contribution in [-0.2, 0) is 17.0 Å². The van der Waals surface area contributed by atoms with Crippen molar-refractivity contribution < 1.29 is 9.53 Å². The normalized spacial score (nSPS) is 15.1. The van der Waals surface area contributed by atoms with E-state index < -0.39 is 0 Å². The van der Waals surface area contributed by atoms with Gasteiger partial charge in [0.05, 0.1) is 12.6 Å². The molecule has 3 aromatic rings. The molecule has 0 saturated carbocycles. The van der Waals surface area contributed by atoms with Crippen LogP contribution in [0.25, 0.3) is 0 Å². The summed E-state index contributed by atoms with van der Waals surface area (Å²) in [6, 6.07) is 17.7. The number of benzene rings is 2. The van der Waals surface area contributed by atoms with Crippen LogP contribution in [0.5, 0.6) is 5.75 Å². The second kappa shape index (κ2) is 9.83. The number of rotatable bonds is 7. The molecule has 2 N–H and O–H groups in total. The summed E-state index contributed by atoms with van der Waals surface area (Å²) in [6.07, 6.45) is 1.33. The topological polar surface area (TPSA) is 84.1 Å². The van der Waals surface area contributed by atoms with Gasteiger partial charge in [-0.05, 0) is 25.0 Å². The Hall–Kier alpha value is -3.06. The molecule has 0 spiro atoms. The summed E-state index contributed by atoms with van der Waals surface area (Å²) < 4.78 is 5.65. The number of nitrogens with zero attached hydrogens (tertiary/aromatic N) is 1. The number of aryl methyl sites for hydroxylation is 1. The molecule has 1 unspecified atom stereocenters. The molecule has 1 aliphatic rings. The third-order valence-corrected chi connectivity index (χ3v) is 6.26. The fourth-order valence-electron chi connectivity index (χ4n) is 3.67. The van der Waals surface area contributed by atoms with Gasteiger partial charge in [-0.1, -0.05) is 60.3 Å². The van der Waals surface area contributed by atoms with Gasteiger partial charge < -0.3 is 15.0 Å². The summed E-state index contributed by atoms with van der Waals surface area (Å²) in [5.74, 6) is 1.47. The Kier molecular flexibility index (Phi) is 6.72. The number of fused-ring (bicyclic) bond motifs is 1. The first kappa shape index (κ1) is 21.2. The summed E-state index contributed by atoms with van der Waals surface area (Å²) in [5, 5.41) is 3.67. The predicted molar refractivity (Wildman–Crippen MR) is 121 cm³/mol. The smallest absolute Gasteiger partial charge is 0.254 e. The molecule has 1 atom stereocenters. The maximum Gasteiger partial charge on any atom is 0.254 e. The molecule has 1 aliphatic heterocycles. The maximum absolute atomic E-state index is 12.6. The van der Waals surface area contributed by atoms with E-state index in [1.165, 1.54) is 17.3 Å². The van der Waals surface area contributed by atoms with Crippen LogP contribution in [0.2, 0.25) is 0 Å². The van der Waals surface area contributed by atoms with Crippen molar-refractivity contribution in [3.05, 3.63) is 87.3 Å². The second-order valence-corrected chi connectivity index (χ2v) is 8.47. The highest BCUT2D eigenvalue weighted by Gasteiger charge is 2.22. The highest BCUT2D eigenvalue weighted by Crippen LogP contribution is 2.31. The number of aromatic nitrogens is 2. The van der Waals surface area contributed by atoms with E-state index in [0.29, 0.717) is 29.4 Å². The molecular weight excluding hydrogens is 410 g/mol. The van der Waals surface area contributed by atoms with E-state index in [1.54, 1.807) is 0 Å². The quantitative estimate of drug-likeness (QED) is 0.434. The van der Waals surface area contributed by atoms with Crippen LogP contribution < -0.4 is 15.6 Å². The van der Waals surface area contributed by atoms with Crippen LogP contribution in [0.15, 0.2) is 64.5 Å². The van der Waals surface area contributed by atoms with Crippen molar-refractivity contribution in [3.63, 3.8) is 0 Å². The minimum Gasteiger partial charge on any atom is -0.493 e. The molecule has 0 aliphatic carbocycles. The van der Waals surface area contributed by atoms with Crippen molar-refractivity contribution in [1.29, 1.82) is 0 Å². The minimum absolute atomic E-state index is 0.0632. The molecule has 6 nitrogen and oxygen atoms in total. The Bertz CT molecular complexity index is 1110. The van der Waals surface area contributed by atoms with Crippen molar-refractivity contribution in [2.24, 2.45) is 0 Å². The van der Waals surface area contributed by atoms with Gasteiger partial charge in [0.25, 0.3) is 5.56 Å². The molecule has 4 rings (SSSR count). The lowest BCUT2D eigenvalue weighted by Gasteiger charge is -2.26. The summed E-state index contributed by atoms with van der Waals surface area (Å²) in [5.41, 5.74) is 3.23. The fourth-order valence-corrected chi connectivity index (χ4v) is 4.53. The number of carbonyl (C=O) groups is 1. The van der Waals surface area contributed by atoms with Gasteiger partial charge in [0, 0.05) is 35.4 Å². The van der Waals surface area contributed by atoms with Crippen molar-refractivity contribution in [2.75, 3.05) is 6.61 Å². The van der Waals surface area contributed by atoms with Crippen molar-refractivity contribution in [1.82, 2.24) is 15.3 Å². The average Bonchev–Trinajstić information content (AvgIpc) is 2.78. The third-order valence-electron chi connectivity index (χ3n) is 5.31. The van der Waals surface area contributed by atoms with Gasteiger partial charge in [0.2, 0.25) is 5.91 Å². The van der Waals surface area contributed by atoms with Crippen LogP contribution in [-0.4, -0.2) is 22.5 Å². The van der Waals surface area contributed by atoms with E-state index in [2.05, 4.69) is 15.3 Å². The molecule has 2 aromatic carbocycles. The summed E-state index contributed by atoms with van der Waals surface area (Å²) in [6.45, 7) is 2.40. The lowest BCUT2D eigenvalue weighted by Crippen LogP contribution is -2.32. The lowest BCUT2D eigenvalue weighted by molar-refractivity contribution is -0.122. The number of nitrogens with one attached hydrogen (secondary N) is 2. The molecule has 0 saturated heterocycles. The van der Waals surface area contributed by atoms with Crippen LogP contribution in [0, 0.1) is 6.92 Å². The molecule has 0 fully saturated rings. The maximum atomic E-state index is 12.6. The van der Waals surface area contributed by atoms with Gasteiger partial charge in [-0.3, -0.25) is 9.59 Å². The molecule has 31 heavy (non-hydrogen) atoms. The Balaban J connectivity index is 1.35. The second-order valence-electron chi connectivity index (χ2n) is 7.50. The molecule has 0 bridgehead atoms. The Morgan fingerprint density at radius 1 is 1.19 bits per heavy atom. The number of hydrogen-bond acceptors (Lipinski definition) is 5. The molecule has 160 valence electrons. The van der Waals surface area contributed by atoms with Crippen molar-refractivity contribution >= 4 is 17.7 Å². The Labute approximate surface area is 185 Å². The summed E-state index contributed by atoms with van der Waals surface area (Å²) in [4.78, 5) is 32.5. The van der Waals surface area contributed by atoms with E-state index in [0.717, 1.165) is 23.5 Å². The number of H-pyrrole nitrogens is 1. The average molecular weight is 436 g/mol. The highest BCUT2D eigenvalue weighted by atomic mass is 32.2. The van der Waals surface area contributed by atoms with E-state index in [4.69, 9.17) is 4.74 Å². The van der Waals surface area contributed by atoms with Crippen LogP contribution in [0.4, 0.5) is 0 Å². The molecule has 1 aromatic heterocycles. The number of amides is 1. The molecule has 7 heteroatoms. The summed E-state index contributed by atoms with van der Waals surface area (Å²) >= 11 is 1.49. The van der Waals surface area contributed by atoms with Crippen LogP contribution >= 0.6 is 11.8 Å². The van der Waals surface area contributed by atoms with Gasteiger partial charge in [0.1, 0.15) is 5.75 Å². The van der Waals surface area contributed by atoms with Crippen molar-refractivity contribution in [3.8, 4) is 5.75 Å². The molecule has 0 radical (unpaired) electrons. The zero-order chi connectivity index (χ0) is 21.6. The van der Waals surface area contributed by atoms with Gasteiger partial charge in [0.15, 0.2) is 5.16 Å². The van der Waals surface area contributed by atoms with Crippen LogP contribution in [0.3, 0.4) is 0 Å². The zero-order valence-corrected chi connectivity index (χ0v) is 18.2. The third kappa shape index (κ3) is 5.35. The standard InChI is InChI=1S/C24H25N3O3S/c1-16-18(23(29)27-24(25-16)31-15-17-7-3-2-4-8-17)11-12-22(28)26-20-13-14-30-21-10-6-5-9-19(20)21/h2-10,20H,11-15H2,1H3,(H,26,28)(H,25,27,29). The lowest BCUT2D eigenvalue weighted by atomic mass is 10.00. The SMILES string of the molecule is Cc1nc(SCc2ccccc2)[nH]c(=O)c1CCC(=O)NC1CCOc2ccccc21. The van der Waals surface area contributed by atoms with E-state index in [-0.39, 0.29) is 23.9 Å². The summed E-state index contributed by atoms with van der Waals surface area (Å²) in [7, 11) is 0. The fraction of sp³-hybridized carbons (Fsp3) is 0.292. The molecular formula is C24H25N3O3S. The van der Waals surface area contributed by atoms with Gasteiger partial charge in [-0.2, -0.15) is 0 Å². The first-order valence-electron chi connectivity index (χ1n) is 10.4. The molecule has 2 heterocycles. The van der Waals surface area contributed by atoms with E-state index in [1.807, 2.05) is 61.5 Å². The van der Waals surface area contributed by atoms with E-state index >= 15 is 0 Å². The van der Waals surface area contributed by atoms with Gasteiger partial charge >= 0.3 is 0 Å². The Morgan fingerprint density at radius 2 is 1.97 bits per heavy atom. The molecule has 1 amide bonds. The first-order valence-corrected chi connectivity index (χ1v) is 11.4. The van der Waals surface area contributed by atoms with Crippen molar-refractivity contribution in [2.45, 2.75) is 43.1 Å². The predicted octanol–water partition coefficient (Wildman–Crippen LogP) is 3.94. The highest BCUT2D eigenvalue weighted by molar-refractivity contribution is 7.98. The number of ether oxygens (including phenoxy) is 1. The minimum atomic E-state index is -0.174. The van der Waals surface area contributed by atoms with Crippen LogP contribution in [0.1, 0.15) is 41.3 Å². The number of carbonyl (C=O) groups excluding carboxylic acids is 1.